The third kappa shape index (κ3) is 1.98. The number of hydrogen-bond acceptors (Lipinski definition) is 1. The Balaban J connectivity index is 2.24. The van der Waals surface area contributed by atoms with Crippen molar-refractivity contribution in [1.82, 2.24) is 0 Å². The fourth-order valence-corrected chi connectivity index (χ4v) is 1.90. The van der Waals surface area contributed by atoms with Gasteiger partial charge < -0.3 is 5.11 Å². The van der Waals surface area contributed by atoms with Gasteiger partial charge in [0.25, 0.3) is 0 Å². The second-order valence-corrected chi connectivity index (χ2v) is 4.11. The normalized spacial score (nSPS) is 15.9. The quantitative estimate of drug-likeness (QED) is 0.769. The molecule has 0 aliphatic heterocycles. The Hall–Kier alpha value is -0.820. The predicted octanol–water partition coefficient (Wildman–Crippen LogP) is 3.40. The van der Waals surface area contributed by atoms with Crippen molar-refractivity contribution in [1.29, 1.82) is 0 Å². The molecule has 0 spiro atoms. The first-order chi connectivity index (χ1) is 6.85. The summed E-state index contributed by atoms with van der Waals surface area (Å²) in [5, 5.41) is 9.15. The van der Waals surface area contributed by atoms with Crippen molar-refractivity contribution in [2.75, 3.05) is 0 Å². The Morgan fingerprint density at radius 3 is 2.79 bits per heavy atom. The van der Waals surface area contributed by atoms with Gasteiger partial charge in [0, 0.05) is 0 Å². The van der Waals surface area contributed by atoms with Crippen molar-refractivity contribution in [3.8, 4) is 0 Å². The summed E-state index contributed by atoms with van der Waals surface area (Å²) in [5.74, 6) is 0.768. The van der Waals surface area contributed by atoms with E-state index in [0.29, 0.717) is 0 Å². The summed E-state index contributed by atoms with van der Waals surface area (Å²) in [5.41, 5.74) is 3.67. The van der Waals surface area contributed by atoms with E-state index in [9.17, 15) is 0 Å². The zero-order valence-corrected chi connectivity index (χ0v) is 8.66. The highest BCUT2D eigenvalue weighted by molar-refractivity contribution is 5.38. The van der Waals surface area contributed by atoms with Crippen molar-refractivity contribution in [3.05, 3.63) is 41.5 Å². The molecular formula is C13H17O. The van der Waals surface area contributed by atoms with Gasteiger partial charge in [-0.25, -0.2) is 0 Å². The van der Waals surface area contributed by atoms with E-state index in [2.05, 4.69) is 25.1 Å². The fraction of sp³-hybridized carbons (Fsp3) is 0.462. The van der Waals surface area contributed by atoms with Gasteiger partial charge in [0.2, 0.25) is 0 Å². The molecule has 1 radical (unpaired) electrons. The fourth-order valence-electron chi connectivity index (χ4n) is 1.90. The Kier molecular flexibility index (Phi) is 2.87. The lowest BCUT2D eigenvalue weighted by atomic mass is 9.99. The van der Waals surface area contributed by atoms with Gasteiger partial charge in [0.1, 0.15) is 6.61 Å². The van der Waals surface area contributed by atoms with Gasteiger partial charge in [-0.15, -0.1) is 0 Å². The van der Waals surface area contributed by atoms with E-state index >= 15 is 0 Å². The van der Waals surface area contributed by atoms with Crippen LogP contribution in [0.5, 0.6) is 0 Å². The molecular weight excluding hydrogens is 172 g/mol. The summed E-state index contributed by atoms with van der Waals surface area (Å²) >= 11 is 0. The SMILES string of the molecule is CCCc1ccc(C2CC2)cc1[CH]O. The van der Waals surface area contributed by atoms with Gasteiger partial charge in [0.15, 0.2) is 0 Å². The molecule has 2 rings (SSSR count). The van der Waals surface area contributed by atoms with Crippen LogP contribution in [0.15, 0.2) is 18.2 Å². The minimum absolute atomic E-state index is 0.768. The highest BCUT2D eigenvalue weighted by Gasteiger charge is 2.23. The molecule has 0 saturated heterocycles. The third-order valence-electron chi connectivity index (χ3n) is 2.88. The van der Waals surface area contributed by atoms with Gasteiger partial charge in [-0.05, 0) is 41.9 Å². The summed E-state index contributed by atoms with van der Waals surface area (Å²) in [6.45, 7) is 3.41. The van der Waals surface area contributed by atoms with Crippen molar-refractivity contribution in [2.24, 2.45) is 0 Å². The second-order valence-electron chi connectivity index (χ2n) is 4.11. The summed E-state index contributed by atoms with van der Waals surface area (Å²) in [6.07, 6.45) is 4.82. The van der Waals surface area contributed by atoms with Crippen molar-refractivity contribution >= 4 is 0 Å². The van der Waals surface area contributed by atoms with Crippen molar-refractivity contribution < 1.29 is 5.11 Å². The summed E-state index contributed by atoms with van der Waals surface area (Å²) < 4.78 is 0. The summed E-state index contributed by atoms with van der Waals surface area (Å²) in [4.78, 5) is 0. The molecule has 0 bridgehead atoms. The first-order valence-corrected chi connectivity index (χ1v) is 5.45. The molecule has 1 aromatic rings. The molecule has 0 heterocycles. The monoisotopic (exact) mass is 189 g/mol. The number of aliphatic hydroxyl groups excluding tert-OH is 1. The first kappa shape index (κ1) is 9.72. The van der Waals surface area contributed by atoms with Crippen LogP contribution in [0.2, 0.25) is 0 Å². The molecule has 1 N–H and O–H groups in total. The Labute approximate surface area is 85.8 Å². The molecule has 1 saturated carbocycles. The van der Waals surface area contributed by atoms with E-state index in [0.717, 1.165) is 24.3 Å². The van der Waals surface area contributed by atoms with E-state index in [4.69, 9.17) is 5.11 Å². The molecule has 1 aliphatic carbocycles. The van der Waals surface area contributed by atoms with Gasteiger partial charge in [-0.3, -0.25) is 0 Å². The molecule has 1 aromatic carbocycles. The molecule has 1 heteroatoms. The maximum absolute atomic E-state index is 9.15. The van der Waals surface area contributed by atoms with Crippen LogP contribution >= 0.6 is 0 Å². The van der Waals surface area contributed by atoms with Crippen molar-refractivity contribution in [3.63, 3.8) is 0 Å². The first-order valence-electron chi connectivity index (χ1n) is 5.45. The summed E-state index contributed by atoms with van der Waals surface area (Å²) in [6, 6.07) is 6.53. The van der Waals surface area contributed by atoms with Crippen LogP contribution in [0, 0.1) is 6.61 Å². The Morgan fingerprint density at radius 2 is 2.21 bits per heavy atom. The van der Waals surface area contributed by atoms with Gasteiger partial charge in [0.05, 0.1) is 0 Å². The highest BCUT2D eigenvalue weighted by atomic mass is 16.3. The van der Waals surface area contributed by atoms with Crippen LogP contribution in [0.1, 0.15) is 48.8 Å². The molecule has 1 fully saturated rings. The number of rotatable bonds is 4. The van der Waals surface area contributed by atoms with E-state index in [1.165, 1.54) is 30.6 Å². The molecule has 0 atom stereocenters. The maximum atomic E-state index is 9.15. The number of hydrogen-bond donors (Lipinski definition) is 1. The number of aliphatic hydroxyl groups is 1. The van der Waals surface area contributed by atoms with Crippen LogP contribution in [0.25, 0.3) is 0 Å². The molecule has 14 heavy (non-hydrogen) atoms. The zero-order valence-electron chi connectivity index (χ0n) is 8.66. The maximum Gasteiger partial charge on any atom is 0.109 e. The molecule has 0 amide bonds. The minimum Gasteiger partial charge on any atom is -0.385 e. The van der Waals surface area contributed by atoms with Gasteiger partial charge in [-0.1, -0.05) is 31.5 Å². The topological polar surface area (TPSA) is 20.2 Å². The predicted molar refractivity (Wildman–Crippen MR) is 57.7 cm³/mol. The van der Waals surface area contributed by atoms with E-state index in [1.54, 1.807) is 0 Å². The molecule has 0 aromatic heterocycles. The third-order valence-corrected chi connectivity index (χ3v) is 2.88. The Bertz CT molecular complexity index is 313. The Morgan fingerprint density at radius 1 is 1.43 bits per heavy atom. The van der Waals surface area contributed by atoms with Gasteiger partial charge in [-0.2, -0.15) is 0 Å². The van der Waals surface area contributed by atoms with Crippen LogP contribution in [0.4, 0.5) is 0 Å². The summed E-state index contributed by atoms with van der Waals surface area (Å²) in [7, 11) is 0. The van der Waals surface area contributed by atoms with Gasteiger partial charge >= 0.3 is 0 Å². The lowest BCUT2D eigenvalue weighted by Crippen LogP contribution is -1.94. The minimum atomic E-state index is 0.768. The largest absolute Gasteiger partial charge is 0.385 e. The molecule has 1 nitrogen and oxygen atoms in total. The smallest absolute Gasteiger partial charge is 0.109 e. The molecule has 75 valence electrons. The van der Waals surface area contributed by atoms with E-state index in [-0.39, 0.29) is 0 Å². The van der Waals surface area contributed by atoms with Crippen molar-refractivity contribution in [2.45, 2.75) is 38.5 Å². The van der Waals surface area contributed by atoms with Crippen LogP contribution in [-0.2, 0) is 6.42 Å². The van der Waals surface area contributed by atoms with Crippen LogP contribution in [-0.4, -0.2) is 5.11 Å². The number of aryl methyl sites for hydroxylation is 1. The molecule has 0 unspecified atom stereocenters. The lowest BCUT2D eigenvalue weighted by Gasteiger charge is -2.08. The number of benzene rings is 1. The average molecular weight is 189 g/mol. The molecule has 1 aliphatic rings. The lowest BCUT2D eigenvalue weighted by molar-refractivity contribution is 0.413. The zero-order chi connectivity index (χ0) is 9.97. The standard InChI is InChI=1S/C13H17O/c1-2-3-10-6-7-12(11-4-5-11)8-13(10)9-14/h6-9,11,14H,2-5H2,1H3. The average Bonchev–Trinajstić information content (AvgIpc) is 3.02. The second kappa shape index (κ2) is 4.14. The van der Waals surface area contributed by atoms with E-state index < -0.39 is 0 Å². The van der Waals surface area contributed by atoms with Crippen LogP contribution < -0.4 is 0 Å². The van der Waals surface area contributed by atoms with Crippen LogP contribution in [0.3, 0.4) is 0 Å². The van der Waals surface area contributed by atoms with E-state index in [1.807, 2.05) is 0 Å². The highest BCUT2D eigenvalue weighted by Crippen LogP contribution is 2.40.